The van der Waals surface area contributed by atoms with Gasteiger partial charge in [0, 0.05) is 49.5 Å². The summed E-state index contributed by atoms with van der Waals surface area (Å²) in [7, 11) is 2.17. The van der Waals surface area contributed by atoms with E-state index in [4.69, 9.17) is 9.72 Å². The second-order valence-corrected chi connectivity index (χ2v) is 8.99. The number of hydrogen-bond donors (Lipinski definition) is 0. The van der Waals surface area contributed by atoms with Crippen molar-refractivity contribution in [3.8, 4) is 5.75 Å². The normalized spacial score (nSPS) is 17.0. The molecule has 0 unspecified atom stereocenters. The number of likely N-dealkylation sites (N-methyl/N-ethyl adjacent to an activating group) is 1. The van der Waals surface area contributed by atoms with E-state index in [0.29, 0.717) is 13.0 Å². The second kappa shape index (κ2) is 9.09. The van der Waals surface area contributed by atoms with Crippen LogP contribution in [0.4, 0.5) is 5.13 Å². The highest BCUT2D eigenvalue weighted by Gasteiger charge is 2.19. The van der Waals surface area contributed by atoms with Gasteiger partial charge in [-0.2, -0.15) is 0 Å². The molecule has 2 heterocycles. The van der Waals surface area contributed by atoms with Gasteiger partial charge < -0.3 is 19.3 Å². The zero-order valence-electron chi connectivity index (χ0n) is 17.3. The fourth-order valence-corrected chi connectivity index (χ4v) is 5.09. The summed E-state index contributed by atoms with van der Waals surface area (Å²) in [6.45, 7) is 7.06. The zero-order chi connectivity index (χ0) is 20.2. The lowest BCUT2D eigenvalue weighted by atomic mass is 9.89. The number of aromatic nitrogens is 1. The van der Waals surface area contributed by atoms with Gasteiger partial charge in [0.2, 0.25) is 0 Å². The van der Waals surface area contributed by atoms with Crippen LogP contribution >= 0.6 is 11.3 Å². The summed E-state index contributed by atoms with van der Waals surface area (Å²) in [6.07, 6.45) is 6.39. The van der Waals surface area contributed by atoms with Gasteiger partial charge >= 0.3 is 0 Å². The summed E-state index contributed by atoms with van der Waals surface area (Å²) in [4.78, 5) is 21.9. The summed E-state index contributed by atoms with van der Waals surface area (Å²) >= 11 is 1.80. The van der Waals surface area contributed by atoms with E-state index >= 15 is 0 Å². The molecule has 0 radical (unpaired) electrons. The number of rotatable bonds is 7. The quantitative estimate of drug-likeness (QED) is 0.650. The summed E-state index contributed by atoms with van der Waals surface area (Å²) in [5.41, 5.74) is 4.68. The molecule has 6 heteroatoms. The van der Waals surface area contributed by atoms with Crippen LogP contribution in [-0.4, -0.2) is 56.0 Å². The number of carbonyl (C=O) groups is 1. The molecule has 0 amide bonds. The number of carbonyl (C=O) groups excluding carboxylic acids is 1. The molecule has 154 valence electrons. The van der Waals surface area contributed by atoms with E-state index in [0.717, 1.165) is 73.9 Å². The van der Waals surface area contributed by atoms with Crippen LogP contribution in [0.1, 0.15) is 34.5 Å². The maximum absolute atomic E-state index is 11.0. The maximum Gasteiger partial charge on any atom is 0.185 e. The Morgan fingerprint density at radius 3 is 2.86 bits per heavy atom. The van der Waals surface area contributed by atoms with Crippen molar-refractivity contribution in [2.75, 3.05) is 44.7 Å². The first-order valence-corrected chi connectivity index (χ1v) is 11.2. The highest BCUT2D eigenvalue weighted by molar-refractivity contribution is 7.15. The van der Waals surface area contributed by atoms with E-state index in [-0.39, 0.29) is 0 Å². The van der Waals surface area contributed by atoms with E-state index in [1.165, 1.54) is 16.0 Å². The molecule has 1 aliphatic heterocycles. The van der Waals surface area contributed by atoms with Crippen molar-refractivity contribution in [2.24, 2.45) is 0 Å². The van der Waals surface area contributed by atoms with Crippen LogP contribution in [-0.2, 0) is 17.6 Å². The van der Waals surface area contributed by atoms with Crippen LogP contribution in [0.15, 0.2) is 24.3 Å². The Labute approximate surface area is 177 Å². The topological polar surface area (TPSA) is 45.7 Å². The molecule has 1 aromatic carbocycles. The van der Waals surface area contributed by atoms with Gasteiger partial charge in [0.05, 0.1) is 12.3 Å². The SMILES string of the molecule is Cc1sc(N2CCN(C)CC2)nc1CCOc1cccc2c1CCC=C2CC=O. The number of allylic oxidation sites excluding steroid dienone is 2. The van der Waals surface area contributed by atoms with E-state index in [2.05, 4.69) is 35.9 Å². The fraction of sp³-hybridized carbons (Fsp3) is 0.478. The largest absolute Gasteiger partial charge is 0.493 e. The molecular weight excluding hydrogens is 382 g/mol. The third-order valence-corrected chi connectivity index (χ3v) is 6.89. The molecule has 0 bridgehead atoms. The Morgan fingerprint density at radius 2 is 2.07 bits per heavy atom. The fourth-order valence-electron chi connectivity index (χ4n) is 4.08. The number of fused-ring (bicyclic) bond motifs is 1. The molecule has 1 fully saturated rings. The van der Waals surface area contributed by atoms with Crippen molar-refractivity contribution in [3.63, 3.8) is 0 Å². The molecule has 5 nitrogen and oxygen atoms in total. The van der Waals surface area contributed by atoms with Crippen molar-refractivity contribution in [2.45, 2.75) is 32.6 Å². The molecule has 4 rings (SSSR count). The smallest absolute Gasteiger partial charge is 0.185 e. The number of thiazole rings is 1. The lowest BCUT2D eigenvalue weighted by Crippen LogP contribution is -2.44. The van der Waals surface area contributed by atoms with Gasteiger partial charge in [0.25, 0.3) is 0 Å². The van der Waals surface area contributed by atoms with Crippen molar-refractivity contribution in [3.05, 3.63) is 46.0 Å². The molecule has 0 N–H and O–H groups in total. The average molecular weight is 412 g/mol. The Bertz CT molecular complexity index is 898. The predicted octanol–water partition coefficient (Wildman–Crippen LogP) is 3.74. The van der Waals surface area contributed by atoms with E-state index in [9.17, 15) is 4.79 Å². The standard InChI is InChI=1S/C23H29N3O2S/c1-17-21(24-23(29-17)26-13-11-25(2)12-14-26)10-16-28-22-8-4-6-19-18(9-15-27)5-3-7-20(19)22/h4-6,8,15H,3,7,9-14,16H2,1-2H3. The molecule has 1 aliphatic carbocycles. The Kier molecular flexibility index (Phi) is 6.31. The second-order valence-electron chi connectivity index (χ2n) is 7.81. The number of hydrogen-bond acceptors (Lipinski definition) is 6. The number of aldehydes is 1. The molecule has 0 atom stereocenters. The van der Waals surface area contributed by atoms with Crippen LogP contribution in [0.5, 0.6) is 5.75 Å². The lowest BCUT2D eigenvalue weighted by molar-refractivity contribution is -0.107. The van der Waals surface area contributed by atoms with Gasteiger partial charge in [0.1, 0.15) is 12.0 Å². The van der Waals surface area contributed by atoms with Gasteiger partial charge in [-0.3, -0.25) is 0 Å². The Balaban J connectivity index is 1.39. The summed E-state index contributed by atoms with van der Waals surface area (Å²) in [5.74, 6) is 0.950. The minimum atomic E-state index is 0.476. The third-order valence-electron chi connectivity index (χ3n) is 5.82. The lowest BCUT2D eigenvalue weighted by Gasteiger charge is -2.32. The molecule has 1 saturated heterocycles. The van der Waals surface area contributed by atoms with Crippen molar-refractivity contribution < 1.29 is 9.53 Å². The molecule has 0 spiro atoms. The van der Waals surface area contributed by atoms with Crippen LogP contribution in [0.2, 0.25) is 0 Å². The minimum absolute atomic E-state index is 0.476. The van der Waals surface area contributed by atoms with Crippen LogP contribution < -0.4 is 9.64 Å². The van der Waals surface area contributed by atoms with E-state index in [1.807, 2.05) is 12.1 Å². The van der Waals surface area contributed by atoms with Crippen molar-refractivity contribution >= 4 is 28.3 Å². The first-order chi connectivity index (χ1) is 14.2. The van der Waals surface area contributed by atoms with Crippen LogP contribution in [0.3, 0.4) is 0 Å². The van der Waals surface area contributed by atoms with E-state index < -0.39 is 0 Å². The monoisotopic (exact) mass is 411 g/mol. The number of benzene rings is 1. The van der Waals surface area contributed by atoms with Crippen molar-refractivity contribution in [1.82, 2.24) is 9.88 Å². The Hall–Kier alpha value is -2.18. The molecule has 2 aromatic rings. The highest BCUT2D eigenvalue weighted by Crippen LogP contribution is 2.34. The summed E-state index contributed by atoms with van der Waals surface area (Å²) in [5, 5.41) is 1.14. The third kappa shape index (κ3) is 4.54. The zero-order valence-corrected chi connectivity index (χ0v) is 18.1. The van der Waals surface area contributed by atoms with Crippen LogP contribution in [0.25, 0.3) is 5.57 Å². The molecule has 29 heavy (non-hydrogen) atoms. The van der Waals surface area contributed by atoms with Gasteiger partial charge in [-0.15, -0.1) is 11.3 Å². The van der Waals surface area contributed by atoms with Gasteiger partial charge in [-0.1, -0.05) is 18.2 Å². The average Bonchev–Trinajstić information content (AvgIpc) is 3.10. The molecule has 2 aliphatic rings. The molecule has 1 aromatic heterocycles. The maximum atomic E-state index is 11.0. The van der Waals surface area contributed by atoms with Gasteiger partial charge in [-0.25, -0.2) is 4.98 Å². The highest BCUT2D eigenvalue weighted by atomic mass is 32.1. The summed E-state index contributed by atoms with van der Waals surface area (Å²) < 4.78 is 6.19. The first kappa shape index (κ1) is 20.1. The summed E-state index contributed by atoms with van der Waals surface area (Å²) in [6, 6.07) is 6.17. The van der Waals surface area contributed by atoms with E-state index in [1.54, 1.807) is 11.3 Å². The molecule has 0 saturated carbocycles. The minimum Gasteiger partial charge on any atom is -0.493 e. The number of anilines is 1. The molecular formula is C23H29N3O2S. The number of piperazine rings is 1. The number of ether oxygens (including phenoxy) is 1. The number of aryl methyl sites for hydroxylation is 1. The Morgan fingerprint density at radius 1 is 1.24 bits per heavy atom. The first-order valence-electron chi connectivity index (χ1n) is 10.4. The predicted molar refractivity (Wildman–Crippen MR) is 119 cm³/mol. The van der Waals surface area contributed by atoms with Gasteiger partial charge in [-0.05, 0) is 44.0 Å². The van der Waals surface area contributed by atoms with Gasteiger partial charge in [0.15, 0.2) is 5.13 Å². The number of nitrogens with zero attached hydrogens (tertiary/aromatic N) is 3. The van der Waals surface area contributed by atoms with Crippen molar-refractivity contribution in [1.29, 1.82) is 0 Å². The van der Waals surface area contributed by atoms with Crippen LogP contribution in [0, 0.1) is 6.92 Å².